The van der Waals surface area contributed by atoms with Crippen molar-refractivity contribution in [2.75, 3.05) is 0 Å². The second-order valence-electron chi connectivity index (χ2n) is 6.10. The molecule has 5 nitrogen and oxygen atoms in total. The lowest BCUT2D eigenvalue weighted by Gasteiger charge is -2.18. The van der Waals surface area contributed by atoms with E-state index in [4.69, 9.17) is 16.0 Å². The summed E-state index contributed by atoms with van der Waals surface area (Å²) in [4.78, 5) is 14.4. The number of halogens is 1. The summed E-state index contributed by atoms with van der Waals surface area (Å²) in [5, 5.41) is 12.8. The molecule has 0 spiro atoms. The summed E-state index contributed by atoms with van der Waals surface area (Å²) < 4.78 is 5.74. The fourth-order valence-corrected chi connectivity index (χ4v) is 3.33. The number of benzene rings is 1. The van der Waals surface area contributed by atoms with Crippen molar-refractivity contribution in [3.05, 3.63) is 63.6 Å². The SMILES string of the molecule is O=C(/C=C/c1ccsc1)N(Cc1nnc(-c2ccc(Cl)cc2)o1)C1CC1. The van der Waals surface area contributed by atoms with E-state index >= 15 is 0 Å². The summed E-state index contributed by atoms with van der Waals surface area (Å²) in [5.41, 5.74) is 1.83. The van der Waals surface area contributed by atoms with Crippen LogP contribution in [0.2, 0.25) is 5.02 Å². The lowest BCUT2D eigenvalue weighted by Crippen LogP contribution is -2.31. The van der Waals surface area contributed by atoms with Crippen molar-refractivity contribution in [1.29, 1.82) is 0 Å². The molecule has 0 bridgehead atoms. The molecule has 2 heterocycles. The van der Waals surface area contributed by atoms with Crippen LogP contribution in [0.3, 0.4) is 0 Å². The maximum Gasteiger partial charge on any atom is 0.247 e. The summed E-state index contributed by atoms with van der Waals surface area (Å²) in [7, 11) is 0. The first-order valence-electron chi connectivity index (χ1n) is 8.28. The van der Waals surface area contributed by atoms with E-state index in [9.17, 15) is 4.79 Å². The molecule has 1 aliphatic carbocycles. The molecule has 0 N–H and O–H groups in total. The van der Waals surface area contributed by atoms with Gasteiger partial charge in [-0.05, 0) is 65.6 Å². The minimum absolute atomic E-state index is 0.0371. The van der Waals surface area contributed by atoms with Gasteiger partial charge in [0, 0.05) is 22.7 Å². The fraction of sp³-hybridized carbons (Fsp3) is 0.211. The monoisotopic (exact) mass is 385 g/mol. The summed E-state index contributed by atoms with van der Waals surface area (Å²) >= 11 is 7.50. The first-order chi connectivity index (χ1) is 12.7. The largest absolute Gasteiger partial charge is 0.419 e. The van der Waals surface area contributed by atoms with Gasteiger partial charge in [0.15, 0.2) is 0 Å². The zero-order valence-electron chi connectivity index (χ0n) is 13.8. The third kappa shape index (κ3) is 4.03. The molecular weight excluding hydrogens is 370 g/mol. The number of amides is 1. The van der Waals surface area contributed by atoms with Crippen molar-refractivity contribution in [3.8, 4) is 11.5 Å². The molecule has 3 aromatic rings. The molecule has 1 saturated carbocycles. The van der Waals surface area contributed by atoms with E-state index < -0.39 is 0 Å². The van der Waals surface area contributed by atoms with Gasteiger partial charge in [-0.3, -0.25) is 4.79 Å². The van der Waals surface area contributed by atoms with Crippen LogP contribution in [-0.2, 0) is 11.3 Å². The molecule has 7 heteroatoms. The standard InChI is InChI=1S/C19H16ClN3O2S/c20-15-4-2-14(3-5-15)19-22-21-17(25-19)11-23(16-6-7-16)18(24)8-1-13-9-10-26-12-13/h1-5,8-10,12,16H,6-7,11H2/b8-1+. The lowest BCUT2D eigenvalue weighted by atomic mass is 10.2. The van der Waals surface area contributed by atoms with Crippen LogP contribution in [-0.4, -0.2) is 27.0 Å². The van der Waals surface area contributed by atoms with E-state index in [1.54, 1.807) is 34.4 Å². The predicted octanol–water partition coefficient (Wildman–Crippen LogP) is 4.66. The van der Waals surface area contributed by atoms with E-state index in [1.165, 1.54) is 0 Å². The number of hydrogen-bond donors (Lipinski definition) is 0. The van der Waals surface area contributed by atoms with Crippen molar-refractivity contribution in [3.63, 3.8) is 0 Å². The Bertz CT molecular complexity index is 915. The Kier molecular flexibility index (Phi) is 4.86. The van der Waals surface area contributed by atoms with Crippen molar-refractivity contribution >= 4 is 34.9 Å². The average Bonchev–Trinajstić information content (AvgIpc) is 3.16. The molecule has 1 amide bonds. The van der Waals surface area contributed by atoms with Crippen LogP contribution < -0.4 is 0 Å². The van der Waals surface area contributed by atoms with Gasteiger partial charge in [0.1, 0.15) is 0 Å². The average molecular weight is 386 g/mol. The van der Waals surface area contributed by atoms with Crippen LogP contribution in [0.4, 0.5) is 0 Å². The smallest absolute Gasteiger partial charge is 0.247 e. The van der Waals surface area contributed by atoms with Gasteiger partial charge in [0.2, 0.25) is 17.7 Å². The van der Waals surface area contributed by atoms with E-state index in [2.05, 4.69) is 10.2 Å². The van der Waals surface area contributed by atoms with Crippen LogP contribution >= 0.6 is 22.9 Å². The Morgan fingerprint density at radius 1 is 1.27 bits per heavy atom. The first kappa shape index (κ1) is 17.0. The van der Waals surface area contributed by atoms with E-state index in [1.807, 2.05) is 35.0 Å². The Balaban J connectivity index is 1.47. The van der Waals surface area contributed by atoms with Gasteiger partial charge in [-0.2, -0.15) is 11.3 Å². The number of aromatic nitrogens is 2. The van der Waals surface area contributed by atoms with E-state index in [0.29, 0.717) is 23.3 Å². The van der Waals surface area contributed by atoms with Crippen molar-refractivity contribution in [1.82, 2.24) is 15.1 Å². The van der Waals surface area contributed by atoms with Gasteiger partial charge in [0.25, 0.3) is 0 Å². The molecule has 4 rings (SSSR count). The zero-order chi connectivity index (χ0) is 17.9. The minimum Gasteiger partial charge on any atom is -0.419 e. The molecule has 0 aliphatic heterocycles. The van der Waals surface area contributed by atoms with Gasteiger partial charge in [-0.1, -0.05) is 11.6 Å². The van der Waals surface area contributed by atoms with Crippen LogP contribution in [0.1, 0.15) is 24.3 Å². The molecule has 1 fully saturated rings. The first-order valence-corrected chi connectivity index (χ1v) is 9.60. The second-order valence-corrected chi connectivity index (χ2v) is 7.31. The molecule has 132 valence electrons. The van der Waals surface area contributed by atoms with E-state index in [0.717, 1.165) is 24.0 Å². The quantitative estimate of drug-likeness (QED) is 0.579. The number of carbonyl (C=O) groups excluding carboxylic acids is 1. The van der Waals surface area contributed by atoms with Gasteiger partial charge in [-0.15, -0.1) is 10.2 Å². The maximum atomic E-state index is 12.6. The van der Waals surface area contributed by atoms with Crippen molar-refractivity contribution in [2.24, 2.45) is 0 Å². The van der Waals surface area contributed by atoms with E-state index in [-0.39, 0.29) is 11.9 Å². The number of hydrogen-bond acceptors (Lipinski definition) is 5. The van der Waals surface area contributed by atoms with Crippen LogP contribution in [0.15, 0.2) is 51.6 Å². The molecule has 26 heavy (non-hydrogen) atoms. The van der Waals surface area contributed by atoms with Gasteiger partial charge in [0.05, 0.1) is 6.54 Å². The Labute approximate surface area is 159 Å². The molecule has 0 atom stereocenters. The summed E-state index contributed by atoms with van der Waals surface area (Å²) in [6, 6.07) is 9.43. The molecule has 0 saturated heterocycles. The summed E-state index contributed by atoms with van der Waals surface area (Å²) in [6.45, 7) is 0.318. The molecule has 1 aromatic carbocycles. The predicted molar refractivity (Wildman–Crippen MR) is 102 cm³/mol. The number of carbonyl (C=O) groups is 1. The highest BCUT2D eigenvalue weighted by Crippen LogP contribution is 2.29. The highest BCUT2D eigenvalue weighted by Gasteiger charge is 2.32. The molecular formula is C19H16ClN3O2S. The zero-order valence-corrected chi connectivity index (χ0v) is 15.4. The molecule has 0 radical (unpaired) electrons. The lowest BCUT2D eigenvalue weighted by molar-refractivity contribution is -0.127. The Hall–Kier alpha value is -2.44. The molecule has 1 aliphatic rings. The number of rotatable bonds is 6. The van der Waals surface area contributed by atoms with Crippen molar-refractivity contribution < 1.29 is 9.21 Å². The fourth-order valence-electron chi connectivity index (χ4n) is 2.58. The number of nitrogens with zero attached hydrogens (tertiary/aromatic N) is 3. The third-order valence-electron chi connectivity index (χ3n) is 4.10. The highest BCUT2D eigenvalue weighted by atomic mass is 35.5. The van der Waals surface area contributed by atoms with Crippen LogP contribution in [0, 0.1) is 0 Å². The third-order valence-corrected chi connectivity index (χ3v) is 5.05. The maximum absolute atomic E-state index is 12.6. The molecule has 2 aromatic heterocycles. The topological polar surface area (TPSA) is 59.2 Å². The van der Waals surface area contributed by atoms with Gasteiger partial charge < -0.3 is 9.32 Å². The Morgan fingerprint density at radius 3 is 2.77 bits per heavy atom. The highest BCUT2D eigenvalue weighted by molar-refractivity contribution is 7.08. The number of thiophene rings is 1. The Morgan fingerprint density at radius 2 is 2.08 bits per heavy atom. The summed E-state index contributed by atoms with van der Waals surface area (Å²) in [6.07, 6.45) is 5.46. The normalized spacial score (nSPS) is 14.0. The van der Waals surface area contributed by atoms with Gasteiger partial charge in [-0.25, -0.2) is 0 Å². The van der Waals surface area contributed by atoms with Crippen LogP contribution in [0.25, 0.3) is 17.5 Å². The van der Waals surface area contributed by atoms with Gasteiger partial charge >= 0.3 is 0 Å². The minimum atomic E-state index is -0.0371. The summed E-state index contributed by atoms with van der Waals surface area (Å²) in [5.74, 6) is 0.817. The van der Waals surface area contributed by atoms with Crippen LogP contribution in [0.5, 0.6) is 0 Å². The van der Waals surface area contributed by atoms with Crippen molar-refractivity contribution in [2.45, 2.75) is 25.4 Å². The second kappa shape index (κ2) is 7.43. The molecule has 0 unspecified atom stereocenters.